The second kappa shape index (κ2) is 7.38. The van der Waals surface area contributed by atoms with E-state index >= 15 is 0 Å². The lowest BCUT2D eigenvalue weighted by molar-refractivity contribution is 0.0101. The van der Waals surface area contributed by atoms with Gasteiger partial charge >= 0.3 is 6.09 Å². The fraction of sp³-hybridized carbons (Fsp3) is 0.476. The molecule has 2 unspecified atom stereocenters. The lowest BCUT2D eigenvalue weighted by Crippen LogP contribution is -2.70. The summed E-state index contributed by atoms with van der Waals surface area (Å²) in [6.07, 6.45) is 3.60. The molecule has 4 saturated heterocycles. The Morgan fingerprint density at radius 2 is 2.03 bits per heavy atom. The number of hydrogen-bond donors (Lipinski definition) is 1. The number of oxazole rings is 1. The zero-order valence-electron chi connectivity index (χ0n) is 16.8. The Morgan fingerprint density at radius 3 is 2.74 bits per heavy atom. The van der Waals surface area contributed by atoms with Gasteiger partial charge in [-0.3, -0.25) is 4.90 Å². The molecule has 4 aliphatic heterocycles. The highest BCUT2D eigenvalue weighted by Gasteiger charge is 2.48. The maximum atomic E-state index is 11.4. The van der Waals surface area contributed by atoms with Gasteiger partial charge in [-0.15, -0.1) is 11.3 Å². The number of ether oxygens (including phenoxy) is 2. The number of piperazine rings is 1. The molecule has 3 aromatic rings. The van der Waals surface area contributed by atoms with E-state index in [0.29, 0.717) is 49.2 Å². The Morgan fingerprint density at radius 1 is 1.23 bits per heavy atom. The molecule has 1 N–H and O–H groups in total. The number of hydrogen-bond acceptors (Lipinski definition) is 8. The molecule has 10 heteroatoms. The van der Waals surface area contributed by atoms with Crippen molar-refractivity contribution in [2.75, 3.05) is 31.2 Å². The SMILES string of the molecule is O=C(O)N1C2CC1CN(c1nc3c(OC4CCOCC4)ccc(-c4nccs4)c3o1)C2. The molecule has 7 rings (SSSR count). The number of thiazole rings is 1. The van der Waals surface area contributed by atoms with E-state index in [0.717, 1.165) is 29.8 Å². The summed E-state index contributed by atoms with van der Waals surface area (Å²) >= 11 is 1.55. The minimum absolute atomic E-state index is 0.0114. The van der Waals surface area contributed by atoms with Crippen LogP contribution in [0.5, 0.6) is 5.75 Å². The van der Waals surface area contributed by atoms with Gasteiger partial charge in [-0.1, -0.05) is 0 Å². The van der Waals surface area contributed by atoms with Crippen LogP contribution in [0.1, 0.15) is 19.3 Å². The Kier molecular flexibility index (Phi) is 4.50. The summed E-state index contributed by atoms with van der Waals surface area (Å²) in [4.78, 5) is 24.3. The summed E-state index contributed by atoms with van der Waals surface area (Å²) in [5, 5.41) is 12.2. The predicted octanol–water partition coefficient (Wildman–Crippen LogP) is 3.45. The largest absolute Gasteiger partial charge is 0.488 e. The van der Waals surface area contributed by atoms with Crippen LogP contribution < -0.4 is 9.64 Å². The van der Waals surface area contributed by atoms with Crippen LogP contribution in [0.15, 0.2) is 28.1 Å². The first-order chi connectivity index (χ1) is 15.2. The molecular weight excluding hydrogens is 420 g/mol. The number of piperidine rings is 1. The standard InChI is InChI=1S/C21H22N4O5S/c26-21(27)25-12-9-13(25)11-24(10-12)20-23-17-16(29-14-3-6-28-7-4-14)2-1-15(18(17)30-20)19-22-5-8-31-19/h1-2,5,8,12-14H,3-4,6-7,9-11H2,(H,26,27). The number of rotatable bonds is 4. The second-order valence-electron chi connectivity index (χ2n) is 8.19. The highest BCUT2D eigenvalue weighted by Crippen LogP contribution is 2.40. The van der Waals surface area contributed by atoms with Gasteiger partial charge in [0.15, 0.2) is 11.1 Å². The van der Waals surface area contributed by atoms with Crippen LogP contribution in [0.4, 0.5) is 10.8 Å². The van der Waals surface area contributed by atoms with Crippen LogP contribution in [0, 0.1) is 0 Å². The quantitative estimate of drug-likeness (QED) is 0.656. The van der Waals surface area contributed by atoms with Gasteiger partial charge in [-0.25, -0.2) is 9.78 Å². The van der Waals surface area contributed by atoms with Gasteiger partial charge < -0.3 is 23.9 Å². The van der Waals surface area contributed by atoms with Crippen molar-refractivity contribution in [2.45, 2.75) is 37.5 Å². The number of benzene rings is 1. The number of nitrogens with zero attached hydrogens (tertiary/aromatic N) is 4. The molecule has 2 aromatic heterocycles. The smallest absolute Gasteiger partial charge is 0.407 e. The Hall–Kier alpha value is -2.85. The van der Waals surface area contributed by atoms with Gasteiger partial charge in [0.2, 0.25) is 0 Å². The fourth-order valence-electron chi connectivity index (χ4n) is 4.78. The Bertz CT molecular complexity index is 1100. The molecule has 162 valence electrons. The van der Waals surface area contributed by atoms with E-state index < -0.39 is 6.09 Å². The van der Waals surface area contributed by atoms with Crippen LogP contribution in [0.25, 0.3) is 21.7 Å². The molecule has 9 nitrogen and oxygen atoms in total. The molecular formula is C21H22N4O5S. The van der Waals surface area contributed by atoms with Gasteiger partial charge in [-0.05, 0) is 18.6 Å². The molecule has 0 aliphatic carbocycles. The van der Waals surface area contributed by atoms with Crippen LogP contribution in [-0.2, 0) is 4.74 Å². The number of carboxylic acid groups (broad SMARTS) is 1. The van der Waals surface area contributed by atoms with E-state index in [-0.39, 0.29) is 18.2 Å². The summed E-state index contributed by atoms with van der Waals surface area (Å²) in [6, 6.07) is 4.41. The van der Waals surface area contributed by atoms with E-state index in [4.69, 9.17) is 18.9 Å². The number of anilines is 1. The third-order valence-corrected chi connectivity index (χ3v) is 7.11. The average molecular weight is 442 g/mol. The number of amides is 1. The number of fused-ring (bicyclic) bond motifs is 3. The summed E-state index contributed by atoms with van der Waals surface area (Å²) in [5.74, 6) is 0.700. The van der Waals surface area contributed by atoms with Gasteiger partial charge in [0, 0.05) is 37.5 Å². The van der Waals surface area contributed by atoms with Crippen LogP contribution in [-0.4, -0.2) is 70.6 Å². The third kappa shape index (κ3) is 3.21. The van der Waals surface area contributed by atoms with Crippen molar-refractivity contribution >= 4 is 34.5 Å². The highest BCUT2D eigenvalue weighted by atomic mass is 32.1. The van der Waals surface area contributed by atoms with Crippen molar-refractivity contribution in [2.24, 2.45) is 0 Å². The lowest BCUT2D eigenvalue weighted by Gasteiger charge is -2.54. The summed E-state index contributed by atoms with van der Waals surface area (Å²) in [7, 11) is 0. The Balaban J connectivity index is 1.36. The van der Waals surface area contributed by atoms with E-state index in [1.165, 1.54) is 0 Å². The predicted molar refractivity (Wildman–Crippen MR) is 114 cm³/mol. The van der Waals surface area contributed by atoms with Crippen LogP contribution in [0.2, 0.25) is 0 Å². The van der Waals surface area contributed by atoms with Crippen molar-refractivity contribution in [3.63, 3.8) is 0 Å². The van der Waals surface area contributed by atoms with Gasteiger partial charge in [0.1, 0.15) is 16.9 Å². The summed E-state index contributed by atoms with van der Waals surface area (Å²) < 4.78 is 18.0. The molecule has 1 amide bonds. The summed E-state index contributed by atoms with van der Waals surface area (Å²) in [5.41, 5.74) is 2.23. The normalized spacial score (nSPS) is 23.7. The maximum absolute atomic E-state index is 11.4. The zero-order valence-corrected chi connectivity index (χ0v) is 17.6. The van der Waals surface area contributed by atoms with Crippen LogP contribution in [0.3, 0.4) is 0 Å². The van der Waals surface area contributed by atoms with Gasteiger partial charge in [0.25, 0.3) is 6.01 Å². The molecule has 2 bridgehead atoms. The Labute approximate surface area is 182 Å². The van der Waals surface area contributed by atoms with Gasteiger partial charge in [-0.2, -0.15) is 4.98 Å². The lowest BCUT2D eigenvalue weighted by atomic mass is 9.88. The van der Waals surface area contributed by atoms with Gasteiger partial charge in [0.05, 0.1) is 30.9 Å². The van der Waals surface area contributed by atoms with E-state index in [9.17, 15) is 9.90 Å². The van der Waals surface area contributed by atoms with Crippen molar-refractivity contribution in [3.8, 4) is 16.3 Å². The topological polar surface area (TPSA) is 101 Å². The molecule has 4 aliphatic rings. The van der Waals surface area contributed by atoms with Crippen molar-refractivity contribution in [1.82, 2.24) is 14.9 Å². The first kappa shape index (κ1) is 18.9. The van der Waals surface area contributed by atoms with E-state index in [1.54, 1.807) is 22.4 Å². The monoisotopic (exact) mass is 442 g/mol. The minimum atomic E-state index is -0.850. The molecule has 0 radical (unpaired) electrons. The molecule has 6 heterocycles. The zero-order chi connectivity index (χ0) is 20.9. The van der Waals surface area contributed by atoms with Crippen LogP contribution >= 0.6 is 11.3 Å². The van der Waals surface area contributed by atoms with E-state index in [2.05, 4.69) is 4.98 Å². The number of carbonyl (C=O) groups is 1. The first-order valence-corrected chi connectivity index (χ1v) is 11.4. The molecule has 0 saturated carbocycles. The summed E-state index contributed by atoms with van der Waals surface area (Å²) in [6.45, 7) is 2.56. The van der Waals surface area contributed by atoms with E-state index in [1.807, 2.05) is 22.4 Å². The first-order valence-electron chi connectivity index (χ1n) is 10.5. The fourth-order valence-corrected chi connectivity index (χ4v) is 5.44. The van der Waals surface area contributed by atoms with Crippen molar-refractivity contribution < 1.29 is 23.8 Å². The molecule has 2 atom stereocenters. The molecule has 31 heavy (non-hydrogen) atoms. The molecule has 0 spiro atoms. The van der Waals surface area contributed by atoms with Crippen molar-refractivity contribution in [1.29, 1.82) is 0 Å². The second-order valence-corrected chi connectivity index (χ2v) is 9.09. The molecule has 4 fully saturated rings. The number of aromatic nitrogens is 2. The highest BCUT2D eigenvalue weighted by molar-refractivity contribution is 7.13. The average Bonchev–Trinajstić information content (AvgIpc) is 3.45. The van der Waals surface area contributed by atoms with Crippen molar-refractivity contribution in [3.05, 3.63) is 23.7 Å². The third-order valence-electron chi connectivity index (χ3n) is 6.30. The maximum Gasteiger partial charge on any atom is 0.407 e. The minimum Gasteiger partial charge on any atom is -0.488 e. The molecule has 1 aromatic carbocycles.